The number of amides is 2. The summed E-state index contributed by atoms with van der Waals surface area (Å²) in [6.07, 6.45) is 5.76. The lowest BCUT2D eigenvalue weighted by molar-refractivity contribution is -0.138. The summed E-state index contributed by atoms with van der Waals surface area (Å²) < 4.78 is 0. The Kier molecular flexibility index (Phi) is 8.50. The van der Waals surface area contributed by atoms with Crippen LogP contribution in [0.2, 0.25) is 0 Å². The van der Waals surface area contributed by atoms with Crippen LogP contribution >= 0.6 is 0 Å². The van der Waals surface area contributed by atoms with E-state index >= 15 is 0 Å². The Morgan fingerprint density at radius 3 is 1.93 bits per heavy atom. The van der Waals surface area contributed by atoms with E-state index in [9.17, 15) is 14.7 Å². The molecule has 0 aromatic carbocycles. The van der Waals surface area contributed by atoms with E-state index in [1.165, 1.54) is 0 Å². The fourth-order valence-corrected chi connectivity index (χ4v) is 4.37. The van der Waals surface area contributed by atoms with E-state index in [1.54, 1.807) is 0 Å². The van der Waals surface area contributed by atoms with E-state index in [0.29, 0.717) is 13.1 Å². The number of aliphatic hydroxyl groups excluding tert-OH is 1. The first-order chi connectivity index (χ1) is 13.0. The van der Waals surface area contributed by atoms with Gasteiger partial charge >= 0.3 is 0 Å². The van der Waals surface area contributed by atoms with Gasteiger partial charge in [0.1, 0.15) is 0 Å². The van der Waals surface area contributed by atoms with Crippen molar-refractivity contribution in [2.75, 3.05) is 39.8 Å². The Morgan fingerprint density at radius 2 is 1.41 bits per heavy atom. The molecule has 0 aromatic rings. The van der Waals surface area contributed by atoms with Crippen LogP contribution in [-0.4, -0.2) is 95.1 Å². The molecule has 0 radical (unpaired) electrons. The van der Waals surface area contributed by atoms with Crippen LogP contribution < -0.4 is 0 Å². The molecule has 8 nitrogen and oxygen atoms in total. The van der Waals surface area contributed by atoms with Crippen molar-refractivity contribution in [3.8, 4) is 0 Å². The predicted octanol–water partition coefficient (Wildman–Crippen LogP) is 0.393. The fourth-order valence-electron chi connectivity index (χ4n) is 4.37. The zero-order chi connectivity index (χ0) is 19.8. The van der Waals surface area contributed by atoms with Crippen molar-refractivity contribution in [2.45, 2.75) is 57.1 Å². The van der Waals surface area contributed by atoms with Gasteiger partial charge in [-0.15, -0.1) is 0 Å². The van der Waals surface area contributed by atoms with Crippen LogP contribution in [0.25, 0.3) is 0 Å². The normalized spacial score (nSPS) is 29.5. The highest BCUT2D eigenvalue weighted by molar-refractivity contribution is 5.82. The van der Waals surface area contributed by atoms with Crippen LogP contribution in [0.1, 0.15) is 44.9 Å². The predicted molar refractivity (Wildman–Crippen MR) is 100 cm³/mol. The van der Waals surface area contributed by atoms with Gasteiger partial charge in [0.05, 0.1) is 12.1 Å². The minimum atomic E-state index is -0.250. The number of carboxylic acid groups (broad SMARTS) is 1. The average molecular weight is 383 g/mol. The van der Waals surface area contributed by atoms with Crippen LogP contribution in [0.3, 0.4) is 0 Å². The molecule has 0 spiro atoms. The van der Waals surface area contributed by atoms with Crippen LogP contribution in [0, 0.1) is 5.92 Å². The summed E-state index contributed by atoms with van der Waals surface area (Å²) in [5.41, 5.74) is 0. The number of carbonyl (C=O) groups is 3. The number of aliphatic hydroxyl groups is 1. The summed E-state index contributed by atoms with van der Waals surface area (Å²) in [7, 11) is 2.03. The summed E-state index contributed by atoms with van der Waals surface area (Å²) in [5, 5.41) is 16.5. The molecule has 0 aromatic heterocycles. The molecule has 0 unspecified atom stereocenters. The van der Waals surface area contributed by atoms with Crippen LogP contribution in [0.15, 0.2) is 0 Å². The second-order valence-corrected chi connectivity index (χ2v) is 7.75. The molecule has 3 aliphatic rings. The van der Waals surface area contributed by atoms with Gasteiger partial charge in [0, 0.05) is 32.1 Å². The van der Waals surface area contributed by atoms with Crippen LogP contribution in [0.4, 0.5) is 0 Å². The zero-order valence-corrected chi connectivity index (χ0v) is 16.3. The third kappa shape index (κ3) is 5.90. The molecular formula is C19H33N3O5. The number of hydrogen-bond donors (Lipinski definition) is 2. The van der Waals surface area contributed by atoms with Crippen molar-refractivity contribution in [3.63, 3.8) is 0 Å². The van der Waals surface area contributed by atoms with Crippen molar-refractivity contribution >= 4 is 18.3 Å². The van der Waals surface area contributed by atoms with Crippen molar-refractivity contribution in [1.82, 2.24) is 14.7 Å². The summed E-state index contributed by atoms with van der Waals surface area (Å²) >= 11 is 0. The number of carbonyl (C=O) groups excluding carboxylic acids is 2. The molecule has 2 saturated heterocycles. The fraction of sp³-hybridized carbons (Fsp3) is 0.842. The number of hydrogen-bond acceptors (Lipinski definition) is 5. The molecule has 2 heterocycles. The smallest absolute Gasteiger partial charge is 0.290 e. The maximum absolute atomic E-state index is 12.7. The minimum Gasteiger partial charge on any atom is -0.483 e. The second kappa shape index (κ2) is 10.6. The van der Waals surface area contributed by atoms with Gasteiger partial charge in [-0.1, -0.05) is 0 Å². The number of nitrogens with zero attached hydrogens (tertiary/aromatic N) is 3. The van der Waals surface area contributed by atoms with E-state index in [-0.39, 0.29) is 36.4 Å². The standard InChI is InChI=1S/C18H31N3O3.CH2O2/c1-19-9-2-4-16(19)18(24)21-11-3-10-20(12-13-21)17(23)14-5-7-15(22)8-6-14;2-1-3/h14-16,22H,2-13H2,1H3;1H,(H,2,3)/t14?,15?,16-;/m0./s1. The average Bonchev–Trinajstić information content (AvgIpc) is 2.93. The maximum Gasteiger partial charge on any atom is 0.290 e. The molecule has 2 aliphatic heterocycles. The summed E-state index contributed by atoms with van der Waals surface area (Å²) in [6.45, 7) is 3.57. The Balaban J connectivity index is 0.000000817. The van der Waals surface area contributed by atoms with Crippen molar-refractivity contribution in [3.05, 3.63) is 0 Å². The SMILES string of the molecule is CN1CCC[C@H]1C(=O)N1CCCN(C(=O)C2CCC(O)CC2)CC1.O=CO. The molecule has 154 valence electrons. The van der Waals surface area contributed by atoms with E-state index in [4.69, 9.17) is 9.90 Å². The first kappa shape index (κ1) is 21.6. The Hall–Kier alpha value is -1.67. The highest BCUT2D eigenvalue weighted by atomic mass is 16.3. The van der Waals surface area contributed by atoms with Crippen molar-refractivity contribution in [1.29, 1.82) is 0 Å². The molecular weight excluding hydrogens is 350 g/mol. The van der Waals surface area contributed by atoms with Gasteiger partial charge in [0.15, 0.2) is 0 Å². The molecule has 2 amide bonds. The van der Waals surface area contributed by atoms with Crippen molar-refractivity contribution in [2.24, 2.45) is 5.92 Å². The van der Waals surface area contributed by atoms with Crippen LogP contribution in [0.5, 0.6) is 0 Å². The van der Waals surface area contributed by atoms with Gasteiger partial charge in [-0.3, -0.25) is 19.3 Å². The lowest BCUT2D eigenvalue weighted by atomic mass is 9.86. The highest BCUT2D eigenvalue weighted by Gasteiger charge is 2.34. The summed E-state index contributed by atoms with van der Waals surface area (Å²) in [6, 6.07) is 0.0343. The van der Waals surface area contributed by atoms with Crippen LogP contribution in [-0.2, 0) is 14.4 Å². The first-order valence-corrected chi connectivity index (χ1v) is 10.0. The highest BCUT2D eigenvalue weighted by Crippen LogP contribution is 2.26. The number of likely N-dealkylation sites (N-methyl/N-ethyl adjacent to an activating group) is 1. The van der Waals surface area contributed by atoms with E-state index in [1.807, 2.05) is 16.8 Å². The molecule has 2 N–H and O–H groups in total. The third-order valence-electron chi connectivity index (χ3n) is 5.97. The Labute approximate surface area is 161 Å². The summed E-state index contributed by atoms with van der Waals surface area (Å²) in [5.74, 6) is 0.538. The van der Waals surface area contributed by atoms with Gasteiger partial charge < -0.3 is 20.0 Å². The largest absolute Gasteiger partial charge is 0.483 e. The molecule has 8 heteroatoms. The van der Waals surface area contributed by atoms with Gasteiger partial charge in [-0.2, -0.15) is 0 Å². The molecule has 0 bridgehead atoms. The van der Waals surface area contributed by atoms with Gasteiger partial charge in [0.2, 0.25) is 11.8 Å². The minimum absolute atomic E-state index is 0.0343. The lowest BCUT2D eigenvalue weighted by Crippen LogP contribution is -2.46. The van der Waals surface area contributed by atoms with Gasteiger partial charge in [-0.25, -0.2) is 0 Å². The molecule has 1 aliphatic carbocycles. The Bertz CT molecular complexity index is 508. The topological polar surface area (TPSA) is 101 Å². The zero-order valence-electron chi connectivity index (χ0n) is 16.3. The molecule has 1 atom stereocenters. The molecule has 1 saturated carbocycles. The van der Waals surface area contributed by atoms with Crippen molar-refractivity contribution < 1.29 is 24.6 Å². The summed E-state index contributed by atoms with van der Waals surface area (Å²) in [4.78, 5) is 39.9. The lowest BCUT2D eigenvalue weighted by Gasteiger charge is -2.30. The molecule has 3 rings (SSSR count). The molecule has 27 heavy (non-hydrogen) atoms. The number of likely N-dealkylation sites (tertiary alicyclic amines) is 1. The van der Waals surface area contributed by atoms with E-state index in [0.717, 1.165) is 64.6 Å². The maximum atomic E-state index is 12.7. The monoisotopic (exact) mass is 383 g/mol. The van der Waals surface area contributed by atoms with Gasteiger partial charge in [-0.05, 0) is 58.5 Å². The number of rotatable bonds is 2. The third-order valence-corrected chi connectivity index (χ3v) is 5.97. The van der Waals surface area contributed by atoms with Gasteiger partial charge in [0.25, 0.3) is 6.47 Å². The quantitative estimate of drug-likeness (QED) is 0.669. The second-order valence-electron chi connectivity index (χ2n) is 7.75. The molecule has 3 fully saturated rings. The van der Waals surface area contributed by atoms with E-state index in [2.05, 4.69) is 4.90 Å². The first-order valence-electron chi connectivity index (χ1n) is 10.0. The van der Waals surface area contributed by atoms with E-state index < -0.39 is 0 Å². The Morgan fingerprint density at radius 1 is 0.852 bits per heavy atom.